The number of ether oxygens (including phenoxy) is 10. The molecule has 21 heteroatoms. The third-order valence-corrected chi connectivity index (χ3v) is 13.7. The van der Waals surface area contributed by atoms with Gasteiger partial charge in [-0.2, -0.15) is 0 Å². The van der Waals surface area contributed by atoms with Gasteiger partial charge in [-0.1, -0.05) is 145 Å². The Bertz CT molecular complexity index is 2550. The number of hydrogen-bond acceptors (Lipinski definition) is 16. The molecule has 390 valence electrons. The first-order valence-corrected chi connectivity index (χ1v) is 24.9. The summed E-state index contributed by atoms with van der Waals surface area (Å²) in [5, 5.41) is -1.34. The summed E-state index contributed by atoms with van der Waals surface area (Å²) in [4.78, 5) is 83.9. The van der Waals surface area contributed by atoms with E-state index in [1.165, 1.54) is 12.1 Å². The van der Waals surface area contributed by atoms with Crippen LogP contribution in [0.4, 0.5) is 0 Å². The number of nitrogens with zero attached hydrogens (tertiary/aromatic N) is 1. The summed E-state index contributed by atoms with van der Waals surface area (Å²) in [6.07, 6.45) is -12.3. The maximum Gasteiger partial charge on any atom is 0.338 e. The molecule has 3 aliphatic rings. The Morgan fingerprint density at radius 3 is 1.52 bits per heavy atom. The van der Waals surface area contributed by atoms with Crippen molar-refractivity contribution in [2.45, 2.75) is 122 Å². The van der Waals surface area contributed by atoms with E-state index in [9.17, 15) is 28.8 Å². The van der Waals surface area contributed by atoms with Gasteiger partial charge in [0.05, 0.1) is 63.2 Å². The van der Waals surface area contributed by atoms with Gasteiger partial charge in [0.15, 0.2) is 37.0 Å². The number of amides is 2. The molecule has 3 heterocycles. The van der Waals surface area contributed by atoms with Crippen molar-refractivity contribution >= 4 is 82.1 Å². The van der Waals surface area contributed by atoms with E-state index in [2.05, 4.69) is 0 Å². The second-order valence-corrected chi connectivity index (χ2v) is 18.7. The molecule has 2 saturated heterocycles. The molecule has 0 aliphatic carbocycles. The molecule has 7 rings (SSSR count). The van der Waals surface area contributed by atoms with Gasteiger partial charge in [0.25, 0.3) is 11.8 Å². The zero-order valence-corrected chi connectivity index (χ0v) is 43.1. The summed E-state index contributed by atoms with van der Waals surface area (Å²) in [7, 11) is 0. The number of esters is 4. The van der Waals surface area contributed by atoms with Crippen LogP contribution in [0.25, 0.3) is 0 Å². The van der Waals surface area contributed by atoms with Crippen molar-refractivity contribution in [1.29, 1.82) is 0 Å². The Kier molecular flexibility index (Phi) is 19.7. The zero-order chi connectivity index (χ0) is 52.3. The van der Waals surface area contributed by atoms with Gasteiger partial charge in [-0.05, 0) is 29.7 Å². The van der Waals surface area contributed by atoms with Gasteiger partial charge < -0.3 is 47.4 Å². The number of rotatable bonds is 21. The molecule has 4 aromatic rings. The van der Waals surface area contributed by atoms with Crippen molar-refractivity contribution in [3.63, 3.8) is 0 Å². The number of imide groups is 1. The second-order valence-electron chi connectivity index (χ2n) is 17.2. The number of carbonyl (C=O) groups is 6. The number of fused-ring (bicyclic) bond motifs is 1. The molecule has 17 nitrogen and oxygen atoms in total. The van der Waals surface area contributed by atoms with Crippen LogP contribution >= 0.6 is 46.4 Å². The lowest BCUT2D eigenvalue weighted by Gasteiger charge is -2.50. The predicted octanol–water partition coefficient (Wildman–Crippen LogP) is 8.76. The molecule has 0 unspecified atom stereocenters. The minimum absolute atomic E-state index is 0.0341. The highest BCUT2D eigenvalue weighted by molar-refractivity contribution is 6.55. The molecule has 2 amide bonds. The largest absolute Gasteiger partial charge is 0.456 e. The first-order chi connectivity index (χ1) is 35.1. The number of hydrogen-bond donors (Lipinski definition) is 0. The van der Waals surface area contributed by atoms with Gasteiger partial charge in [0.1, 0.15) is 24.4 Å². The molecule has 0 N–H and O–H groups in total. The Hall–Kier alpha value is -5.18. The highest BCUT2D eigenvalue weighted by atomic mass is 35.5. The highest BCUT2D eigenvalue weighted by Gasteiger charge is 2.60. The standard InChI is InChI=1S/C52H53Cl4NO16/c1-5-6-16-23-66-51-42(57-48(61)36-37(49(57)62)39(54)41(56)40(55)38(36)53)45(72-50(63)33-21-14-9-15-22-33)43(34(70-51)26-64-24-31-17-10-7-11-18-31)73-52-47(69-30(4)60)46(68-29(3)59)44(67-28(2)58)35(71-52)27-65-25-32-19-12-8-13-20-32/h7-15,17-22,34-35,42-47,51-52H,5-6,16,23-27H2,1-4H3/t34-,35-,42-,43-,44+,45-,46+,47-,51-,52+/m1/s1. The third kappa shape index (κ3) is 13.4. The van der Waals surface area contributed by atoms with Crippen LogP contribution in [0.15, 0.2) is 91.0 Å². The first-order valence-electron chi connectivity index (χ1n) is 23.4. The van der Waals surface area contributed by atoms with E-state index >= 15 is 0 Å². The van der Waals surface area contributed by atoms with Crippen molar-refractivity contribution in [3.05, 3.63) is 139 Å². The maximum absolute atomic E-state index is 14.9. The Morgan fingerprint density at radius 2 is 1.01 bits per heavy atom. The smallest absolute Gasteiger partial charge is 0.338 e. The molecule has 0 bridgehead atoms. The minimum atomic E-state index is -1.82. The monoisotopic (exact) mass is 1090 g/mol. The van der Waals surface area contributed by atoms with Crippen molar-refractivity contribution in [2.75, 3.05) is 19.8 Å². The normalized spacial score (nSPS) is 24.7. The molecular formula is C52H53Cl4NO16. The average Bonchev–Trinajstić information content (AvgIpc) is 3.63. The quantitative estimate of drug-likeness (QED) is 0.0191. The van der Waals surface area contributed by atoms with Crippen LogP contribution in [0.2, 0.25) is 20.1 Å². The van der Waals surface area contributed by atoms with E-state index in [4.69, 9.17) is 93.8 Å². The molecule has 0 spiro atoms. The summed E-state index contributed by atoms with van der Waals surface area (Å²) in [5.74, 6) is -5.56. The van der Waals surface area contributed by atoms with E-state index < -0.39 is 97.0 Å². The van der Waals surface area contributed by atoms with Crippen LogP contribution in [0.1, 0.15) is 89.2 Å². The lowest BCUT2D eigenvalue weighted by molar-refractivity contribution is -0.353. The van der Waals surface area contributed by atoms with E-state index in [-0.39, 0.29) is 69.8 Å². The summed E-state index contributed by atoms with van der Waals surface area (Å²) in [6, 6.07) is 24.4. The topological polar surface area (TPSA) is 198 Å². The lowest BCUT2D eigenvalue weighted by Crippen LogP contribution is -2.69. The fourth-order valence-electron chi connectivity index (χ4n) is 8.68. The van der Waals surface area contributed by atoms with E-state index in [0.717, 1.165) is 49.6 Å². The van der Waals surface area contributed by atoms with Crippen LogP contribution < -0.4 is 0 Å². The number of carbonyl (C=O) groups excluding carboxylic acids is 6. The summed E-state index contributed by atoms with van der Waals surface area (Å²) < 4.78 is 62.9. The fraction of sp³-hybridized carbons (Fsp3) is 0.423. The minimum Gasteiger partial charge on any atom is -0.456 e. The van der Waals surface area contributed by atoms with Crippen LogP contribution in [0, 0.1) is 0 Å². The number of unbranched alkanes of at least 4 members (excludes halogenated alkanes) is 2. The van der Waals surface area contributed by atoms with Crippen LogP contribution in [0.3, 0.4) is 0 Å². The van der Waals surface area contributed by atoms with Gasteiger partial charge in [-0.3, -0.25) is 28.9 Å². The molecule has 3 aliphatic heterocycles. The molecule has 0 aromatic heterocycles. The van der Waals surface area contributed by atoms with Crippen molar-refractivity contribution in [2.24, 2.45) is 0 Å². The van der Waals surface area contributed by atoms with Crippen molar-refractivity contribution in [1.82, 2.24) is 4.90 Å². The van der Waals surface area contributed by atoms with Crippen LogP contribution in [-0.4, -0.2) is 122 Å². The zero-order valence-electron chi connectivity index (χ0n) is 40.1. The SMILES string of the molecule is CCCCCO[C@@H]1O[C@H](COCc2ccccc2)[C@@H](O[C@@H]2O[C@H](COCc3ccccc3)[C@H](OC(C)=O)[C@H](OC(C)=O)[C@H]2OC(C)=O)[C@H](OC(=O)c2ccccc2)[C@H]1N1C(=O)c2c(Cl)c(Cl)c(Cl)c(Cl)c2C1=O. The number of halogens is 4. The van der Waals surface area contributed by atoms with Gasteiger partial charge in [0, 0.05) is 27.4 Å². The van der Waals surface area contributed by atoms with Gasteiger partial charge in [-0.25, -0.2) is 4.79 Å². The molecule has 0 saturated carbocycles. The van der Waals surface area contributed by atoms with E-state index in [1.54, 1.807) is 18.2 Å². The molecule has 4 aromatic carbocycles. The number of benzene rings is 4. The van der Waals surface area contributed by atoms with E-state index in [0.29, 0.717) is 6.42 Å². The van der Waals surface area contributed by atoms with Gasteiger partial charge in [0.2, 0.25) is 0 Å². The van der Waals surface area contributed by atoms with Crippen LogP contribution in [0.5, 0.6) is 0 Å². The summed E-state index contributed by atoms with van der Waals surface area (Å²) >= 11 is 26.2. The van der Waals surface area contributed by atoms with Crippen molar-refractivity contribution in [3.8, 4) is 0 Å². The fourth-order valence-corrected chi connectivity index (χ4v) is 9.69. The first kappa shape index (κ1) is 55.6. The van der Waals surface area contributed by atoms with Crippen LogP contribution in [-0.2, 0) is 75.0 Å². The molecule has 2 fully saturated rings. The van der Waals surface area contributed by atoms with Gasteiger partial charge >= 0.3 is 23.9 Å². The average molecular weight is 1090 g/mol. The molecule has 10 atom stereocenters. The Balaban J connectivity index is 1.39. The van der Waals surface area contributed by atoms with Crippen molar-refractivity contribution < 1.29 is 76.1 Å². The second kappa shape index (κ2) is 25.9. The maximum atomic E-state index is 14.9. The highest BCUT2D eigenvalue weighted by Crippen LogP contribution is 2.47. The summed E-state index contributed by atoms with van der Waals surface area (Å²) in [5.41, 5.74) is 0.828. The molecular weight excluding hydrogens is 1040 g/mol. The summed E-state index contributed by atoms with van der Waals surface area (Å²) in [6.45, 7) is 4.79. The van der Waals surface area contributed by atoms with Gasteiger partial charge in [-0.15, -0.1) is 0 Å². The van der Waals surface area contributed by atoms with E-state index in [1.807, 2.05) is 67.6 Å². The Labute approximate surface area is 441 Å². The molecule has 0 radical (unpaired) electrons. The Morgan fingerprint density at radius 1 is 0.548 bits per heavy atom. The third-order valence-electron chi connectivity index (χ3n) is 11.9. The molecule has 73 heavy (non-hydrogen) atoms. The predicted molar refractivity (Wildman–Crippen MR) is 263 cm³/mol. The lowest BCUT2D eigenvalue weighted by atomic mass is 9.93.